The van der Waals surface area contributed by atoms with Crippen LogP contribution >= 0.6 is 11.8 Å². The van der Waals surface area contributed by atoms with Gasteiger partial charge in [-0.3, -0.25) is 0 Å². The molecule has 4 nitrogen and oxygen atoms in total. The van der Waals surface area contributed by atoms with Crippen LogP contribution in [0.4, 0.5) is 4.39 Å². The van der Waals surface area contributed by atoms with E-state index in [9.17, 15) is 12.8 Å². The van der Waals surface area contributed by atoms with Crippen molar-refractivity contribution in [3.8, 4) is 5.75 Å². The number of fused-ring (bicyclic) bond motifs is 1. The molecule has 2 aromatic rings. The van der Waals surface area contributed by atoms with Gasteiger partial charge in [-0.2, -0.15) is 0 Å². The van der Waals surface area contributed by atoms with Gasteiger partial charge in [-0.15, -0.1) is 11.8 Å². The fourth-order valence-electron chi connectivity index (χ4n) is 2.50. The minimum atomic E-state index is -3.68. The molecule has 2 aromatic carbocycles. The SMILES string of the molecule is COc1ccc(S(=O)(=O)NC2CCSc3ccc(F)cc32)cc1. The van der Waals surface area contributed by atoms with Gasteiger partial charge in [-0.1, -0.05) is 0 Å². The summed E-state index contributed by atoms with van der Waals surface area (Å²) in [6.45, 7) is 0. The predicted octanol–water partition coefficient (Wildman–Crippen LogP) is 3.35. The van der Waals surface area contributed by atoms with E-state index in [0.717, 1.165) is 10.6 Å². The molecule has 1 atom stereocenters. The third kappa shape index (κ3) is 3.52. The van der Waals surface area contributed by atoms with Crippen LogP contribution in [0.25, 0.3) is 0 Å². The molecular weight excluding hydrogens is 337 g/mol. The summed E-state index contributed by atoms with van der Waals surface area (Å²) in [7, 11) is -2.16. The molecule has 122 valence electrons. The van der Waals surface area contributed by atoms with Crippen molar-refractivity contribution in [2.75, 3.05) is 12.9 Å². The molecule has 0 saturated heterocycles. The number of hydrogen-bond acceptors (Lipinski definition) is 4. The highest BCUT2D eigenvalue weighted by molar-refractivity contribution is 7.99. The first kappa shape index (κ1) is 16.3. The summed E-state index contributed by atoms with van der Waals surface area (Å²) in [4.78, 5) is 1.08. The second-order valence-corrected chi connectivity index (χ2v) is 8.02. The largest absolute Gasteiger partial charge is 0.497 e. The number of benzene rings is 2. The van der Waals surface area contributed by atoms with E-state index in [-0.39, 0.29) is 10.7 Å². The van der Waals surface area contributed by atoms with Gasteiger partial charge in [0.2, 0.25) is 10.0 Å². The molecule has 0 fully saturated rings. The molecule has 0 spiro atoms. The Morgan fingerprint density at radius 1 is 1.22 bits per heavy atom. The Labute approximate surface area is 139 Å². The quantitative estimate of drug-likeness (QED) is 0.916. The average molecular weight is 353 g/mol. The predicted molar refractivity (Wildman–Crippen MR) is 87.8 cm³/mol. The zero-order chi connectivity index (χ0) is 16.4. The van der Waals surface area contributed by atoms with Crippen LogP contribution in [-0.4, -0.2) is 21.3 Å². The number of rotatable bonds is 4. The van der Waals surface area contributed by atoms with Crippen molar-refractivity contribution >= 4 is 21.8 Å². The van der Waals surface area contributed by atoms with Crippen LogP contribution in [-0.2, 0) is 10.0 Å². The standard InChI is InChI=1S/C16H16FNO3S2/c1-21-12-3-5-13(6-4-12)23(19,20)18-15-8-9-22-16-7-2-11(17)10-14(15)16/h2-7,10,15,18H,8-9H2,1H3. The first-order valence-electron chi connectivity index (χ1n) is 7.08. The third-order valence-corrected chi connectivity index (χ3v) is 6.29. The number of methoxy groups -OCH3 is 1. The molecule has 1 aliphatic heterocycles. The molecule has 0 radical (unpaired) electrons. The molecular formula is C16H16FNO3S2. The molecule has 0 aliphatic carbocycles. The summed E-state index contributed by atoms with van der Waals surface area (Å²) in [5, 5.41) is 0. The van der Waals surface area contributed by atoms with Crippen molar-refractivity contribution in [2.45, 2.75) is 22.3 Å². The number of halogens is 1. The lowest BCUT2D eigenvalue weighted by molar-refractivity contribution is 0.414. The van der Waals surface area contributed by atoms with Crippen molar-refractivity contribution in [1.82, 2.24) is 4.72 Å². The molecule has 1 N–H and O–H groups in total. The van der Waals surface area contributed by atoms with Gasteiger partial charge < -0.3 is 4.74 Å². The Morgan fingerprint density at radius 3 is 2.65 bits per heavy atom. The van der Waals surface area contributed by atoms with E-state index in [1.54, 1.807) is 30.0 Å². The molecule has 7 heteroatoms. The number of nitrogens with one attached hydrogen (secondary N) is 1. The first-order chi connectivity index (χ1) is 11.0. The maximum absolute atomic E-state index is 13.5. The first-order valence-corrected chi connectivity index (χ1v) is 9.55. The molecule has 1 heterocycles. The molecule has 23 heavy (non-hydrogen) atoms. The molecule has 0 amide bonds. The Hall–Kier alpha value is -1.57. The maximum Gasteiger partial charge on any atom is 0.241 e. The smallest absolute Gasteiger partial charge is 0.241 e. The zero-order valence-electron chi connectivity index (χ0n) is 12.5. The Bertz CT molecular complexity index is 807. The summed E-state index contributed by atoms with van der Waals surface area (Å²) < 4.78 is 46.3. The number of hydrogen-bond donors (Lipinski definition) is 1. The van der Waals surface area contributed by atoms with Crippen LogP contribution in [0.1, 0.15) is 18.0 Å². The van der Waals surface area contributed by atoms with Crippen LogP contribution < -0.4 is 9.46 Å². The van der Waals surface area contributed by atoms with E-state index in [0.29, 0.717) is 17.7 Å². The fourth-order valence-corrected chi connectivity index (χ4v) is 4.85. The van der Waals surface area contributed by atoms with Crippen molar-refractivity contribution in [1.29, 1.82) is 0 Å². The minimum Gasteiger partial charge on any atom is -0.497 e. The topological polar surface area (TPSA) is 55.4 Å². The van der Waals surface area contributed by atoms with E-state index in [2.05, 4.69) is 4.72 Å². The second kappa shape index (κ2) is 6.51. The van der Waals surface area contributed by atoms with E-state index in [1.165, 1.54) is 31.4 Å². The lowest BCUT2D eigenvalue weighted by atomic mass is 10.0. The maximum atomic E-state index is 13.5. The number of thioether (sulfide) groups is 1. The second-order valence-electron chi connectivity index (χ2n) is 5.17. The Balaban J connectivity index is 1.88. The summed E-state index contributed by atoms with van der Waals surface area (Å²) in [6.07, 6.45) is 0.622. The van der Waals surface area contributed by atoms with Gasteiger partial charge in [0.1, 0.15) is 11.6 Å². The Kier molecular flexibility index (Phi) is 4.61. The van der Waals surface area contributed by atoms with Crippen molar-refractivity contribution in [3.05, 3.63) is 53.8 Å². The molecule has 1 aliphatic rings. The average Bonchev–Trinajstić information content (AvgIpc) is 2.55. The normalized spacial score (nSPS) is 17.6. The number of sulfonamides is 1. The summed E-state index contributed by atoms with van der Waals surface area (Å²) in [5.74, 6) is 1.01. The van der Waals surface area contributed by atoms with E-state index >= 15 is 0 Å². The minimum absolute atomic E-state index is 0.162. The van der Waals surface area contributed by atoms with Gasteiger partial charge in [0.05, 0.1) is 12.0 Å². The highest BCUT2D eigenvalue weighted by atomic mass is 32.2. The van der Waals surface area contributed by atoms with Crippen molar-refractivity contribution < 1.29 is 17.5 Å². The molecule has 0 bridgehead atoms. The summed E-state index contributed by atoms with van der Waals surface area (Å²) in [5.41, 5.74) is 0.693. The molecule has 0 saturated carbocycles. The number of ether oxygens (including phenoxy) is 1. The zero-order valence-corrected chi connectivity index (χ0v) is 14.1. The summed E-state index contributed by atoms with van der Waals surface area (Å²) in [6, 6.07) is 10.3. The van der Waals surface area contributed by atoms with Gasteiger partial charge in [0.25, 0.3) is 0 Å². The molecule has 0 aromatic heterocycles. The van der Waals surface area contributed by atoms with Crippen LogP contribution in [0.15, 0.2) is 52.3 Å². The van der Waals surface area contributed by atoms with E-state index in [4.69, 9.17) is 4.74 Å². The monoisotopic (exact) mass is 353 g/mol. The van der Waals surface area contributed by atoms with Gasteiger partial charge in [0, 0.05) is 10.9 Å². The van der Waals surface area contributed by atoms with Crippen LogP contribution in [0.5, 0.6) is 5.75 Å². The highest BCUT2D eigenvalue weighted by Crippen LogP contribution is 2.37. The summed E-state index contributed by atoms with van der Waals surface area (Å²) >= 11 is 1.61. The van der Waals surface area contributed by atoms with Gasteiger partial charge in [0.15, 0.2) is 0 Å². The molecule has 1 unspecified atom stereocenters. The Morgan fingerprint density at radius 2 is 1.96 bits per heavy atom. The highest BCUT2D eigenvalue weighted by Gasteiger charge is 2.26. The molecule has 3 rings (SSSR count). The lowest BCUT2D eigenvalue weighted by Gasteiger charge is -2.25. The van der Waals surface area contributed by atoms with Gasteiger partial charge in [-0.05, 0) is 60.2 Å². The van der Waals surface area contributed by atoms with Crippen LogP contribution in [0.3, 0.4) is 0 Å². The fraction of sp³-hybridized carbons (Fsp3) is 0.250. The van der Waals surface area contributed by atoms with Crippen molar-refractivity contribution in [3.63, 3.8) is 0 Å². The van der Waals surface area contributed by atoms with E-state index < -0.39 is 16.1 Å². The van der Waals surface area contributed by atoms with Crippen LogP contribution in [0, 0.1) is 5.82 Å². The lowest BCUT2D eigenvalue weighted by Crippen LogP contribution is -2.30. The van der Waals surface area contributed by atoms with Crippen molar-refractivity contribution in [2.24, 2.45) is 0 Å². The van der Waals surface area contributed by atoms with Crippen LogP contribution in [0.2, 0.25) is 0 Å². The van der Waals surface area contributed by atoms with Gasteiger partial charge in [-0.25, -0.2) is 17.5 Å². The van der Waals surface area contributed by atoms with E-state index in [1.807, 2.05) is 0 Å². The van der Waals surface area contributed by atoms with Gasteiger partial charge >= 0.3 is 0 Å². The third-order valence-electron chi connectivity index (χ3n) is 3.68.